The van der Waals surface area contributed by atoms with Crippen molar-refractivity contribution in [2.45, 2.75) is 12.5 Å². The van der Waals surface area contributed by atoms with Crippen LogP contribution in [0.5, 0.6) is 5.75 Å². The molecule has 0 spiro atoms. The molecule has 26 heavy (non-hydrogen) atoms. The van der Waals surface area contributed by atoms with Gasteiger partial charge < -0.3 is 25.3 Å². The number of nitrogens with zero attached hydrogens (tertiary/aromatic N) is 3. The summed E-state index contributed by atoms with van der Waals surface area (Å²) in [5.74, 6) is 0.570. The van der Waals surface area contributed by atoms with Crippen molar-refractivity contribution in [1.82, 2.24) is 19.8 Å². The number of hydrogen-bond acceptors (Lipinski definition) is 5. The molecule has 0 aliphatic carbocycles. The number of carbonyl (C=O) groups excluding carboxylic acids is 2. The maximum Gasteiger partial charge on any atom is 0.253 e. The van der Waals surface area contributed by atoms with Gasteiger partial charge in [-0.2, -0.15) is 0 Å². The van der Waals surface area contributed by atoms with Crippen LogP contribution in [-0.2, 0) is 11.2 Å². The smallest absolute Gasteiger partial charge is 0.253 e. The molecule has 0 bridgehead atoms. The second kappa shape index (κ2) is 8.01. The third kappa shape index (κ3) is 4.02. The lowest BCUT2D eigenvalue weighted by Crippen LogP contribution is -2.54. The Morgan fingerprint density at radius 2 is 1.85 bits per heavy atom. The van der Waals surface area contributed by atoms with Crippen molar-refractivity contribution in [1.29, 1.82) is 0 Å². The Hall–Kier alpha value is -2.87. The summed E-state index contributed by atoms with van der Waals surface area (Å²) in [5, 5.41) is 0. The maximum atomic E-state index is 12.6. The third-order valence-corrected chi connectivity index (χ3v) is 4.53. The quantitative estimate of drug-likeness (QED) is 0.799. The van der Waals surface area contributed by atoms with E-state index in [2.05, 4.69) is 9.97 Å². The molecule has 2 amide bonds. The molecule has 1 aromatic heterocycles. The van der Waals surface area contributed by atoms with Crippen molar-refractivity contribution in [2.24, 2.45) is 5.73 Å². The van der Waals surface area contributed by atoms with Crippen molar-refractivity contribution in [3.8, 4) is 5.75 Å². The van der Waals surface area contributed by atoms with E-state index in [1.165, 1.54) is 0 Å². The molecule has 1 atom stereocenters. The zero-order chi connectivity index (χ0) is 18.5. The average Bonchev–Trinajstić information content (AvgIpc) is 3.20. The van der Waals surface area contributed by atoms with E-state index in [4.69, 9.17) is 10.5 Å². The van der Waals surface area contributed by atoms with Gasteiger partial charge in [0.05, 0.1) is 19.5 Å². The van der Waals surface area contributed by atoms with Crippen molar-refractivity contribution >= 4 is 11.8 Å². The van der Waals surface area contributed by atoms with Crippen LogP contribution in [0.1, 0.15) is 16.1 Å². The van der Waals surface area contributed by atoms with Crippen molar-refractivity contribution in [3.05, 3.63) is 48.0 Å². The number of nitrogens with two attached hydrogens (primary N) is 1. The molecule has 8 nitrogen and oxygen atoms in total. The zero-order valence-corrected chi connectivity index (χ0v) is 14.7. The number of hydrogen-bond donors (Lipinski definition) is 2. The second-order valence-corrected chi connectivity index (χ2v) is 6.23. The zero-order valence-electron chi connectivity index (χ0n) is 14.7. The van der Waals surface area contributed by atoms with Gasteiger partial charge in [0.15, 0.2) is 0 Å². The van der Waals surface area contributed by atoms with Gasteiger partial charge in [0, 0.05) is 50.1 Å². The number of aromatic nitrogens is 2. The van der Waals surface area contributed by atoms with E-state index in [9.17, 15) is 9.59 Å². The molecular weight excluding hydrogens is 334 g/mol. The Bertz CT molecular complexity index is 737. The lowest BCUT2D eigenvalue weighted by atomic mass is 10.1. The Kier molecular flexibility index (Phi) is 5.52. The molecule has 0 radical (unpaired) electrons. The summed E-state index contributed by atoms with van der Waals surface area (Å²) in [4.78, 5) is 35.4. The minimum Gasteiger partial charge on any atom is -0.497 e. The molecule has 0 unspecified atom stereocenters. The molecule has 3 N–H and O–H groups in total. The normalized spacial score (nSPS) is 15.6. The predicted molar refractivity (Wildman–Crippen MR) is 95.7 cm³/mol. The first-order valence-corrected chi connectivity index (χ1v) is 8.53. The van der Waals surface area contributed by atoms with Gasteiger partial charge in [-0.05, 0) is 24.3 Å². The Labute approximate surface area is 151 Å². The van der Waals surface area contributed by atoms with E-state index in [1.807, 2.05) is 0 Å². The molecule has 0 saturated carbocycles. The SMILES string of the molecule is COc1ccc(C(=O)N2CCN(C(=O)[C@@H](N)Cc3cnc[nH]3)CC2)cc1. The van der Waals surface area contributed by atoms with E-state index < -0.39 is 6.04 Å². The lowest BCUT2D eigenvalue weighted by molar-refractivity contribution is -0.134. The van der Waals surface area contributed by atoms with Gasteiger partial charge in [0.1, 0.15) is 5.75 Å². The molecule has 8 heteroatoms. The fraction of sp³-hybridized carbons (Fsp3) is 0.389. The highest BCUT2D eigenvalue weighted by Gasteiger charge is 2.27. The molecule has 138 valence electrons. The minimum absolute atomic E-state index is 0.0403. The first-order valence-electron chi connectivity index (χ1n) is 8.53. The highest BCUT2D eigenvalue weighted by Crippen LogP contribution is 2.14. The van der Waals surface area contributed by atoms with Gasteiger partial charge in [-0.15, -0.1) is 0 Å². The Balaban J connectivity index is 1.52. The standard InChI is InChI=1S/C18H23N5O3/c1-26-15-4-2-13(3-5-15)17(24)22-6-8-23(9-7-22)18(25)16(19)10-14-11-20-12-21-14/h2-5,11-12,16H,6-10,19H2,1H3,(H,20,21)/t16-/m0/s1. The summed E-state index contributed by atoms with van der Waals surface area (Å²) in [6, 6.07) is 6.42. The number of amides is 2. The molecular formula is C18H23N5O3. The highest BCUT2D eigenvalue weighted by molar-refractivity contribution is 5.94. The number of ether oxygens (including phenoxy) is 1. The minimum atomic E-state index is -0.612. The fourth-order valence-corrected chi connectivity index (χ4v) is 3.00. The largest absolute Gasteiger partial charge is 0.497 e. The maximum absolute atomic E-state index is 12.6. The first kappa shape index (κ1) is 17.9. The third-order valence-electron chi connectivity index (χ3n) is 4.53. The van der Waals surface area contributed by atoms with Crippen LogP contribution in [0.25, 0.3) is 0 Å². The fourth-order valence-electron chi connectivity index (χ4n) is 3.00. The molecule has 2 heterocycles. The summed E-state index contributed by atoms with van der Waals surface area (Å²) in [7, 11) is 1.59. The van der Waals surface area contributed by atoms with Crippen LogP contribution in [0.15, 0.2) is 36.8 Å². The Morgan fingerprint density at radius 3 is 2.42 bits per heavy atom. The number of piperazine rings is 1. The van der Waals surface area contributed by atoms with Gasteiger partial charge in [0.2, 0.25) is 5.91 Å². The van der Waals surface area contributed by atoms with Crippen LogP contribution in [0.3, 0.4) is 0 Å². The molecule has 1 aliphatic rings. The number of benzene rings is 1. The first-order chi connectivity index (χ1) is 12.6. The number of imidazole rings is 1. The average molecular weight is 357 g/mol. The summed E-state index contributed by atoms with van der Waals surface area (Å²) in [6.45, 7) is 1.95. The summed E-state index contributed by atoms with van der Waals surface area (Å²) < 4.78 is 5.11. The molecule has 1 aromatic carbocycles. The van der Waals surface area contributed by atoms with Crippen LogP contribution in [-0.4, -0.2) is 70.9 Å². The van der Waals surface area contributed by atoms with E-state index >= 15 is 0 Å². The van der Waals surface area contributed by atoms with Crippen molar-refractivity contribution < 1.29 is 14.3 Å². The van der Waals surface area contributed by atoms with E-state index in [0.717, 1.165) is 5.69 Å². The monoisotopic (exact) mass is 357 g/mol. The van der Waals surface area contributed by atoms with E-state index in [1.54, 1.807) is 53.7 Å². The van der Waals surface area contributed by atoms with Crippen molar-refractivity contribution in [3.63, 3.8) is 0 Å². The number of rotatable bonds is 5. The molecule has 2 aromatic rings. The van der Waals surface area contributed by atoms with E-state index in [0.29, 0.717) is 43.9 Å². The molecule has 1 saturated heterocycles. The van der Waals surface area contributed by atoms with Gasteiger partial charge in [-0.25, -0.2) is 4.98 Å². The highest BCUT2D eigenvalue weighted by atomic mass is 16.5. The molecule has 1 aliphatic heterocycles. The number of carbonyl (C=O) groups is 2. The van der Waals surface area contributed by atoms with Crippen LogP contribution in [0.4, 0.5) is 0 Å². The van der Waals surface area contributed by atoms with Crippen LogP contribution < -0.4 is 10.5 Å². The van der Waals surface area contributed by atoms with E-state index in [-0.39, 0.29) is 11.8 Å². The van der Waals surface area contributed by atoms with Gasteiger partial charge in [0.25, 0.3) is 5.91 Å². The molecule has 1 fully saturated rings. The van der Waals surface area contributed by atoms with Gasteiger partial charge >= 0.3 is 0 Å². The summed E-state index contributed by atoms with van der Waals surface area (Å²) in [6.07, 6.45) is 3.65. The van der Waals surface area contributed by atoms with Crippen molar-refractivity contribution in [2.75, 3.05) is 33.3 Å². The summed E-state index contributed by atoms with van der Waals surface area (Å²) in [5.41, 5.74) is 7.47. The van der Waals surface area contributed by atoms with Crippen LogP contribution in [0.2, 0.25) is 0 Å². The molecule has 3 rings (SSSR count). The Morgan fingerprint density at radius 1 is 1.19 bits per heavy atom. The van der Waals surface area contributed by atoms with Gasteiger partial charge in [-0.1, -0.05) is 0 Å². The van der Waals surface area contributed by atoms with Crippen LogP contribution in [0, 0.1) is 0 Å². The van der Waals surface area contributed by atoms with Crippen LogP contribution >= 0.6 is 0 Å². The number of methoxy groups -OCH3 is 1. The van der Waals surface area contributed by atoms with Gasteiger partial charge in [-0.3, -0.25) is 9.59 Å². The predicted octanol–water partition coefficient (Wildman–Crippen LogP) is 0.273. The lowest BCUT2D eigenvalue weighted by Gasteiger charge is -2.36. The summed E-state index contributed by atoms with van der Waals surface area (Å²) >= 11 is 0. The second-order valence-electron chi connectivity index (χ2n) is 6.23. The topological polar surface area (TPSA) is 105 Å². The number of H-pyrrole nitrogens is 1. The number of aromatic amines is 1. The number of nitrogens with one attached hydrogen (secondary N) is 1.